The highest BCUT2D eigenvalue weighted by atomic mass is 16.5. The average molecular weight is 279 g/mol. The molecule has 1 unspecified atom stereocenters. The number of carbonyl (C=O) groups excluding carboxylic acids is 1. The fourth-order valence-electron chi connectivity index (χ4n) is 2.30. The van der Waals surface area contributed by atoms with Crippen LogP contribution in [0.5, 0.6) is 11.5 Å². The van der Waals surface area contributed by atoms with Crippen LogP contribution in [0.1, 0.15) is 36.0 Å². The fraction of sp³-hybridized carbons (Fsp3) is 0.533. The van der Waals surface area contributed by atoms with Crippen molar-refractivity contribution in [3.63, 3.8) is 0 Å². The minimum Gasteiger partial charge on any atom is -0.507 e. The molecule has 1 fully saturated rings. The maximum absolute atomic E-state index is 12.0. The molecule has 0 aromatic heterocycles. The molecular weight excluding hydrogens is 258 g/mol. The number of phenols is 1. The number of carbonyl (C=O) groups is 1. The first-order chi connectivity index (χ1) is 9.70. The van der Waals surface area contributed by atoms with E-state index in [1.165, 1.54) is 25.7 Å². The highest BCUT2D eigenvalue weighted by Gasteiger charge is 2.15. The van der Waals surface area contributed by atoms with Crippen molar-refractivity contribution in [2.24, 2.45) is 0 Å². The molecule has 110 valence electrons. The first-order valence-electron chi connectivity index (χ1n) is 6.97. The number of phenolic OH excluding ortho intramolecular Hbond substituents is 1. The highest BCUT2D eigenvalue weighted by Crippen LogP contribution is 2.22. The summed E-state index contributed by atoms with van der Waals surface area (Å²) >= 11 is 0. The molecule has 1 aromatic carbocycles. The first kappa shape index (κ1) is 14.7. The Kier molecular flexibility index (Phi) is 5.24. The molecule has 2 rings (SSSR count). The van der Waals surface area contributed by atoms with Crippen molar-refractivity contribution in [3.8, 4) is 11.5 Å². The van der Waals surface area contributed by atoms with Crippen molar-refractivity contribution >= 4 is 5.91 Å². The minimum atomic E-state index is -0.294. The molecular formula is C15H21NO4. The Morgan fingerprint density at radius 3 is 3.05 bits per heavy atom. The van der Waals surface area contributed by atoms with Gasteiger partial charge in [-0.05, 0) is 43.9 Å². The lowest BCUT2D eigenvalue weighted by Crippen LogP contribution is -2.29. The Labute approximate surface area is 118 Å². The van der Waals surface area contributed by atoms with Gasteiger partial charge in [0.2, 0.25) is 0 Å². The zero-order chi connectivity index (χ0) is 14.4. The predicted octanol–water partition coefficient (Wildman–Crippen LogP) is 2.09. The van der Waals surface area contributed by atoms with Gasteiger partial charge in [0.25, 0.3) is 5.91 Å². The molecule has 20 heavy (non-hydrogen) atoms. The van der Waals surface area contributed by atoms with E-state index < -0.39 is 0 Å². The number of aromatic hydroxyl groups is 1. The van der Waals surface area contributed by atoms with Gasteiger partial charge >= 0.3 is 0 Å². The van der Waals surface area contributed by atoms with E-state index in [-0.39, 0.29) is 23.3 Å². The van der Waals surface area contributed by atoms with Crippen LogP contribution in [0, 0.1) is 0 Å². The Balaban J connectivity index is 1.84. The molecule has 2 N–H and O–H groups in total. The zero-order valence-electron chi connectivity index (χ0n) is 11.7. The number of hydrogen-bond acceptors (Lipinski definition) is 4. The maximum Gasteiger partial charge on any atom is 0.255 e. The van der Waals surface area contributed by atoms with Gasteiger partial charge in [0.05, 0.1) is 18.8 Å². The maximum atomic E-state index is 12.0. The monoisotopic (exact) mass is 279 g/mol. The minimum absolute atomic E-state index is 0.0442. The van der Waals surface area contributed by atoms with E-state index >= 15 is 0 Å². The van der Waals surface area contributed by atoms with E-state index in [1.54, 1.807) is 6.07 Å². The second kappa shape index (κ2) is 7.14. The Morgan fingerprint density at radius 2 is 2.35 bits per heavy atom. The van der Waals surface area contributed by atoms with Gasteiger partial charge in [-0.1, -0.05) is 0 Å². The summed E-state index contributed by atoms with van der Waals surface area (Å²) in [7, 11) is 1.52. The summed E-state index contributed by atoms with van der Waals surface area (Å²) in [4.78, 5) is 12.0. The van der Waals surface area contributed by atoms with Gasteiger partial charge in [-0.2, -0.15) is 0 Å². The van der Waals surface area contributed by atoms with Crippen LogP contribution in [0.2, 0.25) is 0 Å². The molecule has 1 saturated heterocycles. The van der Waals surface area contributed by atoms with E-state index in [0.29, 0.717) is 12.3 Å². The molecule has 5 nitrogen and oxygen atoms in total. The fourth-order valence-corrected chi connectivity index (χ4v) is 2.30. The summed E-state index contributed by atoms with van der Waals surface area (Å²) in [6.45, 7) is 1.36. The summed E-state index contributed by atoms with van der Waals surface area (Å²) in [6, 6.07) is 4.60. The molecule has 1 aromatic rings. The number of methoxy groups -OCH3 is 1. The van der Waals surface area contributed by atoms with Crippen molar-refractivity contribution in [1.82, 2.24) is 5.32 Å². The van der Waals surface area contributed by atoms with E-state index in [2.05, 4.69) is 5.32 Å². The predicted molar refractivity (Wildman–Crippen MR) is 75.2 cm³/mol. The third kappa shape index (κ3) is 3.87. The second-order valence-corrected chi connectivity index (χ2v) is 4.92. The summed E-state index contributed by atoms with van der Waals surface area (Å²) in [5, 5.41) is 12.5. The van der Waals surface area contributed by atoms with Crippen LogP contribution in [-0.4, -0.2) is 37.4 Å². The van der Waals surface area contributed by atoms with E-state index in [0.717, 1.165) is 25.9 Å². The third-order valence-electron chi connectivity index (χ3n) is 3.47. The molecule has 1 heterocycles. The highest BCUT2D eigenvalue weighted by molar-refractivity contribution is 5.97. The molecule has 0 saturated carbocycles. The van der Waals surface area contributed by atoms with Crippen LogP contribution in [0.15, 0.2) is 18.2 Å². The normalized spacial score (nSPS) is 18.6. The van der Waals surface area contributed by atoms with Gasteiger partial charge in [0.1, 0.15) is 11.5 Å². The van der Waals surface area contributed by atoms with Crippen molar-refractivity contribution in [2.75, 3.05) is 20.3 Å². The smallest absolute Gasteiger partial charge is 0.255 e. The van der Waals surface area contributed by atoms with Gasteiger partial charge in [0.15, 0.2) is 0 Å². The van der Waals surface area contributed by atoms with Crippen LogP contribution in [0.4, 0.5) is 0 Å². The lowest BCUT2D eigenvalue weighted by molar-refractivity contribution is 0.0117. The molecule has 5 heteroatoms. The second-order valence-electron chi connectivity index (χ2n) is 4.92. The van der Waals surface area contributed by atoms with Crippen LogP contribution < -0.4 is 10.1 Å². The molecule has 1 amide bonds. The van der Waals surface area contributed by atoms with Gasteiger partial charge < -0.3 is 19.9 Å². The molecule has 0 radical (unpaired) electrons. The van der Waals surface area contributed by atoms with Crippen molar-refractivity contribution in [2.45, 2.75) is 31.8 Å². The third-order valence-corrected chi connectivity index (χ3v) is 3.47. The molecule has 1 aliphatic heterocycles. The van der Waals surface area contributed by atoms with Crippen LogP contribution in [0.3, 0.4) is 0 Å². The van der Waals surface area contributed by atoms with E-state index in [1.807, 2.05) is 0 Å². The van der Waals surface area contributed by atoms with Gasteiger partial charge in [-0.15, -0.1) is 0 Å². The van der Waals surface area contributed by atoms with E-state index in [4.69, 9.17) is 9.47 Å². The standard InChI is InChI=1S/C15H21NO4/c1-19-12-5-6-14(17)13(10-12)15(18)16-8-7-11-4-2-3-9-20-11/h5-6,10-11,17H,2-4,7-9H2,1H3,(H,16,18). The number of hydrogen-bond donors (Lipinski definition) is 2. The quantitative estimate of drug-likeness (QED) is 0.866. The zero-order valence-corrected chi connectivity index (χ0v) is 11.7. The van der Waals surface area contributed by atoms with Gasteiger partial charge in [-0.25, -0.2) is 0 Å². The lowest BCUT2D eigenvalue weighted by Gasteiger charge is -2.22. The summed E-state index contributed by atoms with van der Waals surface area (Å²) in [5.41, 5.74) is 0.230. The van der Waals surface area contributed by atoms with Crippen molar-refractivity contribution < 1.29 is 19.4 Å². The van der Waals surface area contributed by atoms with Crippen molar-refractivity contribution in [3.05, 3.63) is 23.8 Å². The van der Waals surface area contributed by atoms with Gasteiger partial charge in [0, 0.05) is 13.2 Å². The Bertz CT molecular complexity index is 455. The summed E-state index contributed by atoms with van der Waals surface area (Å²) in [6.07, 6.45) is 4.41. The number of ether oxygens (including phenoxy) is 2. The molecule has 1 atom stereocenters. The topological polar surface area (TPSA) is 67.8 Å². The van der Waals surface area contributed by atoms with Crippen molar-refractivity contribution in [1.29, 1.82) is 0 Å². The lowest BCUT2D eigenvalue weighted by atomic mass is 10.1. The van der Waals surface area contributed by atoms with E-state index in [9.17, 15) is 9.90 Å². The average Bonchev–Trinajstić information content (AvgIpc) is 2.48. The molecule has 1 aliphatic rings. The number of rotatable bonds is 5. The van der Waals surface area contributed by atoms with Gasteiger partial charge in [-0.3, -0.25) is 4.79 Å². The number of amides is 1. The summed E-state index contributed by atoms with van der Waals surface area (Å²) in [5.74, 6) is 0.206. The Hall–Kier alpha value is -1.75. The Morgan fingerprint density at radius 1 is 1.50 bits per heavy atom. The molecule has 0 aliphatic carbocycles. The summed E-state index contributed by atoms with van der Waals surface area (Å²) < 4.78 is 10.7. The largest absolute Gasteiger partial charge is 0.507 e. The number of benzene rings is 1. The van der Waals surface area contributed by atoms with Crippen LogP contribution in [0.25, 0.3) is 0 Å². The number of nitrogens with one attached hydrogen (secondary N) is 1. The first-order valence-corrected chi connectivity index (χ1v) is 6.97. The molecule has 0 bridgehead atoms. The SMILES string of the molecule is COc1ccc(O)c(C(=O)NCCC2CCCCO2)c1. The van der Waals surface area contributed by atoms with Crippen LogP contribution in [-0.2, 0) is 4.74 Å². The molecule has 0 spiro atoms. The van der Waals surface area contributed by atoms with Crippen LogP contribution >= 0.6 is 0 Å².